The average molecular weight is 417 g/mol. The normalized spacial score (nSPS) is 16.7. The molecule has 0 fully saturated rings. The van der Waals surface area contributed by atoms with Gasteiger partial charge in [0.05, 0.1) is 28.3 Å². The van der Waals surface area contributed by atoms with E-state index in [4.69, 9.17) is 23.2 Å². The van der Waals surface area contributed by atoms with Crippen molar-refractivity contribution in [1.82, 2.24) is 4.90 Å². The smallest absolute Gasteiger partial charge is 0.238 e. The van der Waals surface area contributed by atoms with Gasteiger partial charge in [0.1, 0.15) is 0 Å². The molecule has 0 saturated heterocycles. The molecule has 1 aliphatic heterocycles. The van der Waals surface area contributed by atoms with Crippen LogP contribution in [-0.2, 0) is 11.2 Å². The zero-order valence-electron chi connectivity index (χ0n) is 14.5. The Kier molecular flexibility index (Phi) is 5.50. The fraction of sp³-hybridized carbons (Fsp3) is 0.190. The molecule has 1 amide bonds. The summed E-state index contributed by atoms with van der Waals surface area (Å²) < 4.78 is 0. The molecule has 0 aliphatic carbocycles. The highest BCUT2D eigenvalue weighted by Gasteiger charge is 2.30. The molecule has 3 nitrogen and oxygen atoms in total. The Balaban J connectivity index is 1.58. The second kappa shape index (κ2) is 8.03. The minimum atomic E-state index is -0.121. The number of fused-ring (bicyclic) bond motifs is 1. The van der Waals surface area contributed by atoms with Crippen molar-refractivity contribution in [2.24, 2.45) is 0 Å². The lowest BCUT2D eigenvalue weighted by Gasteiger charge is -2.35. The first-order chi connectivity index (χ1) is 13.1. The maximum Gasteiger partial charge on any atom is 0.238 e. The fourth-order valence-corrected chi connectivity index (χ4v) is 4.94. The van der Waals surface area contributed by atoms with Gasteiger partial charge in [-0.2, -0.15) is 0 Å². The highest BCUT2D eigenvalue weighted by molar-refractivity contribution is 7.10. The van der Waals surface area contributed by atoms with E-state index >= 15 is 0 Å². The summed E-state index contributed by atoms with van der Waals surface area (Å²) >= 11 is 14.2. The van der Waals surface area contributed by atoms with E-state index in [9.17, 15) is 4.79 Å². The van der Waals surface area contributed by atoms with Gasteiger partial charge in [0.25, 0.3) is 0 Å². The molecule has 6 heteroatoms. The molecule has 0 radical (unpaired) electrons. The second-order valence-electron chi connectivity index (χ2n) is 6.48. The fourth-order valence-electron chi connectivity index (χ4n) is 3.54. The Morgan fingerprint density at radius 3 is 2.56 bits per heavy atom. The van der Waals surface area contributed by atoms with Gasteiger partial charge in [-0.25, -0.2) is 0 Å². The van der Waals surface area contributed by atoms with E-state index in [0.717, 1.165) is 13.0 Å². The van der Waals surface area contributed by atoms with Gasteiger partial charge in [-0.05, 0) is 41.1 Å². The lowest BCUT2D eigenvalue weighted by Crippen LogP contribution is -2.40. The van der Waals surface area contributed by atoms with Crippen molar-refractivity contribution < 1.29 is 4.79 Å². The number of hydrogen-bond donors (Lipinski definition) is 1. The lowest BCUT2D eigenvalue weighted by atomic mass is 9.93. The molecule has 138 valence electrons. The Bertz CT molecular complexity index is 938. The monoisotopic (exact) mass is 416 g/mol. The van der Waals surface area contributed by atoms with Crippen molar-refractivity contribution in [3.63, 3.8) is 0 Å². The van der Waals surface area contributed by atoms with Gasteiger partial charge >= 0.3 is 0 Å². The molecule has 1 atom stereocenters. The SMILES string of the molecule is O=C(CN1CCc2sccc2C1c1ccccc1)Nc1c(Cl)cccc1Cl. The molecule has 4 rings (SSSR count). The van der Waals surface area contributed by atoms with Gasteiger partial charge < -0.3 is 5.32 Å². The van der Waals surface area contributed by atoms with Crippen molar-refractivity contribution >= 4 is 46.1 Å². The molecular formula is C21H18Cl2N2OS. The van der Waals surface area contributed by atoms with Crippen LogP contribution in [-0.4, -0.2) is 23.9 Å². The maximum atomic E-state index is 12.7. The van der Waals surface area contributed by atoms with Crippen LogP contribution in [0.15, 0.2) is 60.0 Å². The first kappa shape index (κ1) is 18.5. The summed E-state index contributed by atoms with van der Waals surface area (Å²) in [6.45, 7) is 1.10. The third-order valence-electron chi connectivity index (χ3n) is 4.75. The number of halogens is 2. The first-order valence-corrected chi connectivity index (χ1v) is 10.4. The molecule has 0 spiro atoms. The number of hydrogen-bond acceptors (Lipinski definition) is 3. The van der Waals surface area contributed by atoms with Crippen LogP contribution in [0.1, 0.15) is 22.0 Å². The van der Waals surface area contributed by atoms with E-state index in [-0.39, 0.29) is 18.5 Å². The Morgan fingerprint density at radius 2 is 1.81 bits per heavy atom. The quantitative estimate of drug-likeness (QED) is 0.596. The number of para-hydroxylation sites is 1. The van der Waals surface area contributed by atoms with Crippen molar-refractivity contribution in [2.45, 2.75) is 12.5 Å². The topological polar surface area (TPSA) is 32.3 Å². The predicted octanol–water partition coefficient (Wildman–Crippen LogP) is 5.64. The minimum absolute atomic E-state index is 0.0775. The zero-order chi connectivity index (χ0) is 18.8. The van der Waals surface area contributed by atoms with Gasteiger partial charge in [0, 0.05) is 11.4 Å². The average Bonchev–Trinajstić information content (AvgIpc) is 3.14. The molecule has 27 heavy (non-hydrogen) atoms. The van der Waals surface area contributed by atoms with Crippen LogP contribution in [0.2, 0.25) is 10.0 Å². The highest BCUT2D eigenvalue weighted by Crippen LogP contribution is 2.37. The molecule has 1 aromatic heterocycles. The van der Waals surface area contributed by atoms with Gasteiger partial charge in [-0.15, -0.1) is 11.3 Å². The number of rotatable bonds is 4. The van der Waals surface area contributed by atoms with Crippen LogP contribution in [0, 0.1) is 0 Å². The Morgan fingerprint density at radius 1 is 1.07 bits per heavy atom. The van der Waals surface area contributed by atoms with Crippen LogP contribution in [0.5, 0.6) is 0 Å². The molecule has 1 N–H and O–H groups in total. The van der Waals surface area contributed by atoms with E-state index in [2.05, 4.69) is 33.8 Å². The van der Waals surface area contributed by atoms with Gasteiger partial charge in [0.15, 0.2) is 0 Å². The molecule has 3 aromatic rings. The van der Waals surface area contributed by atoms with Crippen molar-refractivity contribution in [3.05, 3.63) is 86.0 Å². The van der Waals surface area contributed by atoms with Crippen LogP contribution in [0.3, 0.4) is 0 Å². The first-order valence-electron chi connectivity index (χ1n) is 8.72. The van der Waals surface area contributed by atoms with E-state index in [1.165, 1.54) is 16.0 Å². The molecule has 2 heterocycles. The van der Waals surface area contributed by atoms with Crippen LogP contribution < -0.4 is 5.32 Å². The van der Waals surface area contributed by atoms with Crippen molar-refractivity contribution in [2.75, 3.05) is 18.4 Å². The number of anilines is 1. The molecule has 0 saturated carbocycles. The number of amides is 1. The van der Waals surface area contributed by atoms with Crippen LogP contribution in [0.25, 0.3) is 0 Å². The van der Waals surface area contributed by atoms with Crippen LogP contribution >= 0.6 is 34.5 Å². The van der Waals surface area contributed by atoms with Gasteiger partial charge in [0.2, 0.25) is 5.91 Å². The molecule has 1 aliphatic rings. The number of carbonyl (C=O) groups excluding carboxylic acids is 1. The third-order valence-corrected chi connectivity index (χ3v) is 6.38. The summed E-state index contributed by atoms with van der Waals surface area (Å²) in [4.78, 5) is 16.4. The standard InChI is InChI=1S/C21H18Cl2N2OS/c22-16-7-4-8-17(23)20(16)24-19(26)13-25-11-9-18-15(10-12-27-18)21(25)14-5-2-1-3-6-14/h1-8,10,12,21H,9,11,13H2,(H,24,26). The van der Waals surface area contributed by atoms with E-state index in [1.54, 1.807) is 29.5 Å². The van der Waals surface area contributed by atoms with E-state index in [1.807, 2.05) is 18.2 Å². The van der Waals surface area contributed by atoms with Crippen LogP contribution in [0.4, 0.5) is 5.69 Å². The number of nitrogens with one attached hydrogen (secondary N) is 1. The summed E-state index contributed by atoms with van der Waals surface area (Å²) in [5, 5.41) is 5.88. The van der Waals surface area contributed by atoms with Crippen molar-refractivity contribution in [1.29, 1.82) is 0 Å². The minimum Gasteiger partial charge on any atom is -0.322 e. The number of carbonyl (C=O) groups is 1. The highest BCUT2D eigenvalue weighted by atomic mass is 35.5. The van der Waals surface area contributed by atoms with E-state index in [0.29, 0.717) is 15.7 Å². The number of benzene rings is 2. The summed E-state index contributed by atoms with van der Waals surface area (Å²) in [6.07, 6.45) is 0.955. The molecular weight excluding hydrogens is 399 g/mol. The van der Waals surface area contributed by atoms with Gasteiger partial charge in [-0.3, -0.25) is 9.69 Å². The predicted molar refractivity (Wildman–Crippen MR) is 113 cm³/mol. The molecule has 0 bridgehead atoms. The number of thiophene rings is 1. The Labute approximate surface area is 172 Å². The third kappa shape index (κ3) is 3.90. The maximum absolute atomic E-state index is 12.7. The summed E-state index contributed by atoms with van der Waals surface area (Å²) in [6, 6.07) is 17.8. The van der Waals surface area contributed by atoms with Gasteiger partial charge in [-0.1, -0.05) is 59.6 Å². The molecule has 1 unspecified atom stereocenters. The van der Waals surface area contributed by atoms with E-state index < -0.39 is 0 Å². The largest absolute Gasteiger partial charge is 0.322 e. The summed E-state index contributed by atoms with van der Waals surface area (Å²) in [5.41, 5.74) is 2.96. The zero-order valence-corrected chi connectivity index (χ0v) is 16.8. The lowest BCUT2D eigenvalue weighted by molar-refractivity contribution is -0.117. The summed E-state index contributed by atoms with van der Waals surface area (Å²) in [5.74, 6) is -0.121. The van der Waals surface area contributed by atoms with Crippen molar-refractivity contribution in [3.8, 4) is 0 Å². The Hall–Kier alpha value is -1.85. The summed E-state index contributed by atoms with van der Waals surface area (Å²) in [7, 11) is 0. The second-order valence-corrected chi connectivity index (χ2v) is 8.29. The molecule has 2 aromatic carbocycles. The number of nitrogens with zero attached hydrogens (tertiary/aromatic N) is 1.